The molecule has 0 aromatic rings. The van der Waals surface area contributed by atoms with Crippen LogP contribution < -0.4 is 0 Å². The summed E-state index contributed by atoms with van der Waals surface area (Å²) in [5.74, 6) is -0.219. The van der Waals surface area contributed by atoms with Gasteiger partial charge in [0, 0.05) is 5.57 Å². The van der Waals surface area contributed by atoms with Gasteiger partial charge in [-0.1, -0.05) is 53.5 Å². The van der Waals surface area contributed by atoms with Crippen LogP contribution in [0.15, 0.2) is 12.2 Å². The van der Waals surface area contributed by atoms with Crippen LogP contribution in [0.25, 0.3) is 0 Å². The van der Waals surface area contributed by atoms with Crippen molar-refractivity contribution in [2.45, 2.75) is 66.2 Å². The maximum absolute atomic E-state index is 11.6. The summed E-state index contributed by atoms with van der Waals surface area (Å²) in [6.07, 6.45) is 6.23. The zero-order valence-electron chi connectivity index (χ0n) is 12.0. The Hall–Kier alpha value is -0.790. The minimum atomic E-state index is -0.219. The van der Waals surface area contributed by atoms with Gasteiger partial charge in [-0.3, -0.25) is 0 Å². The molecule has 0 aliphatic heterocycles. The SMILES string of the molecule is C=C(CC(C)(C)CCCC)C(=O)OCCCC. The lowest BCUT2D eigenvalue weighted by atomic mass is 9.81. The van der Waals surface area contributed by atoms with Gasteiger partial charge in [-0.15, -0.1) is 0 Å². The van der Waals surface area contributed by atoms with Crippen LogP contribution >= 0.6 is 0 Å². The molecule has 100 valence electrons. The van der Waals surface area contributed by atoms with Crippen molar-refractivity contribution in [1.29, 1.82) is 0 Å². The van der Waals surface area contributed by atoms with Gasteiger partial charge in [0.05, 0.1) is 6.61 Å². The Labute approximate surface area is 106 Å². The molecule has 2 nitrogen and oxygen atoms in total. The molecule has 0 saturated heterocycles. The van der Waals surface area contributed by atoms with Crippen LogP contribution in [0.5, 0.6) is 0 Å². The number of unbranched alkanes of at least 4 members (excludes halogenated alkanes) is 2. The lowest BCUT2D eigenvalue weighted by Gasteiger charge is -2.24. The second-order valence-corrected chi connectivity index (χ2v) is 5.54. The number of rotatable bonds is 9. The molecule has 0 aliphatic carbocycles. The van der Waals surface area contributed by atoms with Crippen LogP contribution in [0.1, 0.15) is 66.2 Å². The molecule has 0 N–H and O–H groups in total. The van der Waals surface area contributed by atoms with Crippen molar-refractivity contribution in [3.8, 4) is 0 Å². The number of hydrogen-bond acceptors (Lipinski definition) is 2. The average molecular weight is 240 g/mol. The summed E-state index contributed by atoms with van der Waals surface area (Å²) in [5.41, 5.74) is 0.763. The van der Waals surface area contributed by atoms with E-state index in [0.717, 1.165) is 25.7 Å². The van der Waals surface area contributed by atoms with Crippen LogP contribution in [0.3, 0.4) is 0 Å². The van der Waals surface area contributed by atoms with Gasteiger partial charge in [0.15, 0.2) is 0 Å². The van der Waals surface area contributed by atoms with Gasteiger partial charge in [0.2, 0.25) is 0 Å². The molecule has 0 atom stereocenters. The summed E-state index contributed by atoms with van der Waals surface area (Å²) in [6.45, 7) is 13.0. The molecule has 0 spiro atoms. The minimum Gasteiger partial charge on any atom is -0.462 e. The summed E-state index contributed by atoms with van der Waals surface area (Å²) >= 11 is 0. The highest BCUT2D eigenvalue weighted by atomic mass is 16.5. The fraction of sp³-hybridized carbons (Fsp3) is 0.800. The molecular formula is C15H28O2. The Balaban J connectivity index is 4.01. The Morgan fingerprint density at radius 3 is 2.29 bits per heavy atom. The van der Waals surface area contributed by atoms with Crippen LogP contribution in [-0.2, 0) is 9.53 Å². The van der Waals surface area contributed by atoms with E-state index in [-0.39, 0.29) is 11.4 Å². The molecule has 0 rings (SSSR count). The highest BCUT2D eigenvalue weighted by Crippen LogP contribution is 2.30. The van der Waals surface area contributed by atoms with Gasteiger partial charge in [-0.2, -0.15) is 0 Å². The van der Waals surface area contributed by atoms with Gasteiger partial charge < -0.3 is 4.74 Å². The molecular weight excluding hydrogens is 212 g/mol. The smallest absolute Gasteiger partial charge is 0.333 e. The van der Waals surface area contributed by atoms with E-state index in [9.17, 15) is 4.79 Å². The molecule has 0 radical (unpaired) electrons. The topological polar surface area (TPSA) is 26.3 Å². The molecule has 0 amide bonds. The van der Waals surface area contributed by atoms with Crippen LogP contribution in [0.4, 0.5) is 0 Å². The third-order valence-electron chi connectivity index (χ3n) is 2.92. The second kappa shape index (κ2) is 8.32. The average Bonchev–Trinajstić information content (AvgIpc) is 2.26. The summed E-state index contributed by atoms with van der Waals surface area (Å²) in [4.78, 5) is 11.6. The molecule has 0 fully saturated rings. The lowest BCUT2D eigenvalue weighted by Crippen LogP contribution is -2.17. The Morgan fingerprint density at radius 2 is 1.76 bits per heavy atom. The van der Waals surface area contributed by atoms with Crippen molar-refractivity contribution in [3.63, 3.8) is 0 Å². The van der Waals surface area contributed by atoms with Crippen molar-refractivity contribution in [3.05, 3.63) is 12.2 Å². The first kappa shape index (κ1) is 16.2. The fourth-order valence-corrected chi connectivity index (χ4v) is 1.80. The summed E-state index contributed by atoms with van der Waals surface area (Å²) in [6, 6.07) is 0. The van der Waals surface area contributed by atoms with Gasteiger partial charge in [0.25, 0.3) is 0 Å². The van der Waals surface area contributed by atoms with Crippen molar-refractivity contribution in [1.82, 2.24) is 0 Å². The number of esters is 1. The van der Waals surface area contributed by atoms with E-state index in [1.165, 1.54) is 12.8 Å². The van der Waals surface area contributed by atoms with E-state index >= 15 is 0 Å². The van der Waals surface area contributed by atoms with E-state index in [1.54, 1.807) is 0 Å². The first-order chi connectivity index (χ1) is 7.93. The number of ether oxygens (including phenoxy) is 1. The van der Waals surface area contributed by atoms with E-state index in [4.69, 9.17) is 4.74 Å². The fourth-order valence-electron chi connectivity index (χ4n) is 1.80. The normalized spacial score (nSPS) is 11.3. The van der Waals surface area contributed by atoms with Crippen molar-refractivity contribution in [2.24, 2.45) is 5.41 Å². The predicted octanol–water partition coefficient (Wildman–Crippen LogP) is 4.49. The van der Waals surface area contributed by atoms with E-state index < -0.39 is 0 Å². The standard InChI is InChI=1S/C15H28O2/c1-6-8-10-15(4,5)12-13(3)14(16)17-11-9-7-2/h3,6-12H2,1-2,4-5H3. The van der Waals surface area contributed by atoms with Gasteiger partial charge in [-0.25, -0.2) is 4.79 Å². The maximum atomic E-state index is 11.6. The number of carbonyl (C=O) groups is 1. The molecule has 0 bridgehead atoms. The van der Waals surface area contributed by atoms with Gasteiger partial charge >= 0.3 is 5.97 Å². The van der Waals surface area contributed by atoms with E-state index in [0.29, 0.717) is 12.2 Å². The summed E-state index contributed by atoms with van der Waals surface area (Å²) in [7, 11) is 0. The highest BCUT2D eigenvalue weighted by Gasteiger charge is 2.22. The lowest BCUT2D eigenvalue weighted by molar-refractivity contribution is -0.139. The van der Waals surface area contributed by atoms with Crippen molar-refractivity contribution < 1.29 is 9.53 Å². The molecule has 17 heavy (non-hydrogen) atoms. The molecule has 0 aliphatic rings. The molecule has 0 aromatic carbocycles. The van der Waals surface area contributed by atoms with Crippen LogP contribution in [-0.4, -0.2) is 12.6 Å². The monoisotopic (exact) mass is 240 g/mol. The molecule has 0 unspecified atom stereocenters. The third-order valence-corrected chi connectivity index (χ3v) is 2.92. The van der Waals surface area contributed by atoms with Gasteiger partial charge in [0.1, 0.15) is 0 Å². The minimum absolute atomic E-state index is 0.150. The van der Waals surface area contributed by atoms with E-state index in [1.807, 2.05) is 0 Å². The molecule has 2 heteroatoms. The predicted molar refractivity (Wildman–Crippen MR) is 72.9 cm³/mol. The van der Waals surface area contributed by atoms with E-state index in [2.05, 4.69) is 34.3 Å². The summed E-state index contributed by atoms with van der Waals surface area (Å²) in [5, 5.41) is 0. The number of hydrogen-bond donors (Lipinski definition) is 0. The van der Waals surface area contributed by atoms with Crippen molar-refractivity contribution >= 4 is 5.97 Å². The van der Waals surface area contributed by atoms with Gasteiger partial charge in [-0.05, 0) is 24.7 Å². The first-order valence-corrected chi connectivity index (χ1v) is 6.78. The zero-order valence-corrected chi connectivity index (χ0v) is 12.0. The molecule has 0 aromatic heterocycles. The number of carbonyl (C=O) groups excluding carboxylic acids is 1. The Bertz CT molecular complexity index is 241. The summed E-state index contributed by atoms with van der Waals surface area (Å²) < 4.78 is 5.16. The highest BCUT2D eigenvalue weighted by molar-refractivity contribution is 5.87. The van der Waals surface area contributed by atoms with Crippen molar-refractivity contribution in [2.75, 3.05) is 6.61 Å². The maximum Gasteiger partial charge on any atom is 0.333 e. The first-order valence-electron chi connectivity index (χ1n) is 6.78. The van der Waals surface area contributed by atoms with Crippen LogP contribution in [0.2, 0.25) is 0 Å². The zero-order chi connectivity index (χ0) is 13.3. The molecule has 0 saturated carbocycles. The van der Waals surface area contributed by atoms with Crippen LogP contribution in [0, 0.1) is 5.41 Å². The molecule has 0 heterocycles. The Kier molecular flexibility index (Phi) is 7.94. The largest absolute Gasteiger partial charge is 0.462 e. The third kappa shape index (κ3) is 8.00. The second-order valence-electron chi connectivity index (χ2n) is 5.54. The quantitative estimate of drug-likeness (QED) is 0.337. The Morgan fingerprint density at radius 1 is 1.18 bits per heavy atom.